The maximum Gasteiger partial charge on any atom is 0.187 e. The Morgan fingerprint density at radius 3 is 2.53 bits per heavy atom. The molecule has 1 aromatic carbocycles. The number of piperazine rings is 1. The summed E-state index contributed by atoms with van der Waals surface area (Å²) in [6.45, 7) is 10.5. The van der Waals surface area contributed by atoms with Gasteiger partial charge in [-0.3, -0.25) is 5.10 Å². The van der Waals surface area contributed by atoms with Gasteiger partial charge in [-0.25, -0.2) is 9.97 Å². The van der Waals surface area contributed by atoms with Gasteiger partial charge in [0.1, 0.15) is 16.7 Å². The van der Waals surface area contributed by atoms with Crippen LogP contribution in [0.15, 0.2) is 27.5 Å². The number of nitrogens with zero attached hydrogens (tertiary/aromatic N) is 6. The molecule has 0 spiro atoms. The number of rotatable bonds is 6. The van der Waals surface area contributed by atoms with Crippen molar-refractivity contribution >= 4 is 60.1 Å². The summed E-state index contributed by atoms with van der Waals surface area (Å²) in [6.07, 6.45) is 4.27. The van der Waals surface area contributed by atoms with E-state index < -0.39 is 0 Å². The van der Waals surface area contributed by atoms with Crippen LogP contribution in [0.25, 0.3) is 11.0 Å². The van der Waals surface area contributed by atoms with Crippen LogP contribution in [0.3, 0.4) is 0 Å². The summed E-state index contributed by atoms with van der Waals surface area (Å²) in [5.41, 5.74) is 4.51. The third-order valence-electron chi connectivity index (χ3n) is 6.49. The van der Waals surface area contributed by atoms with E-state index in [4.69, 9.17) is 0 Å². The van der Waals surface area contributed by atoms with Crippen molar-refractivity contribution in [2.24, 2.45) is 0 Å². The van der Waals surface area contributed by atoms with E-state index in [0.29, 0.717) is 5.65 Å². The van der Waals surface area contributed by atoms with Gasteiger partial charge in [0.05, 0.1) is 5.39 Å². The first-order chi connectivity index (χ1) is 15.6. The molecule has 0 bridgehead atoms. The number of anilines is 3. The molecule has 5 rings (SSSR count). The van der Waals surface area contributed by atoms with Crippen LogP contribution < -0.4 is 15.1 Å². The minimum Gasteiger partial charge on any atom is -0.383 e. The van der Waals surface area contributed by atoms with Crippen molar-refractivity contribution in [2.75, 3.05) is 67.5 Å². The van der Waals surface area contributed by atoms with Gasteiger partial charge in [-0.15, -0.1) is 0 Å². The van der Waals surface area contributed by atoms with Gasteiger partial charge in [0, 0.05) is 55.1 Å². The number of halogens is 2. The standard InChI is InChI=1S/C22H28Br2N8/c1-15-17(25-4-7-30-5-2-3-6-30)12-16(23)13-18(15)31-8-10-32(11-9-31)22-19-20(24)28-29-21(19)26-14-27-22/h12-14,25H,2-11H2,1H3,(H,26,27,28,29). The number of fused-ring (bicyclic) bond motifs is 1. The molecule has 32 heavy (non-hydrogen) atoms. The Morgan fingerprint density at radius 2 is 1.75 bits per heavy atom. The van der Waals surface area contributed by atoms with Crippen molar-refractivity contribution in [1.29, 1.82) is 0 Å². The molecule has 4 heterocycles. The third kappa shape index (κ3) is 4.45. The second kappa shape index (κ2) is 9.52. The lowest BCUT2D eigenvalue weighted by Crippen LogP contribution is -2.47. The summed E-state index contributed by atoms with van der Waals surface area (Å²) in [6, 6.07) is 4.44. The monoisotopic (exact) mass is 562 g/mol. The van der Waals surface area contributed by atoms with Crippen LogP contribution in [-0.2, 0) is 0 Å². The van der Waals surface area contributed by atoms with Gasteiger partial charge >= 0.3 is 0 Å². The summed E-state index contributed by atoms with van der Waals surface area (Å²) in [5, 5.41) is 11.8. The normalized spacial score (nSPS) is 17.5. The lowest BCUT2D eigenvalue weighted by atomic mass is 10.1. The van der Waals surface area contributed by atoms with Crippen molar-refractivity contribution < 1.29 is 0 Å². The Morgan fingerprint density at radius 1 is 1.00 bits per heavy atom. The summed E-state index contributed by atoms with van der Waals surface area (Å²) in [7, 11) is 0. The molecule has 2 aliphatic heterocycles. The zero-order valence-corrected chi connectivity index (χ0v) is 21.4. The van der Waals surface area contributed by atoms with E-state index in [0.717, 1.165) is 59.5 Å². The first-order valence-electron chi connectivity index (χ1n) is 11.2. The van der Waals surface area contributed by atoms with Crippen molar-refractivity contribution in [3.05, 3.63) is 33.1 Å². The van der Waals surface area contributed by atoms with Gasteiger partial charge in [0.25, 0.3) is 0 Å². The molecule has 0 aliphatic carbocycles. The molecule has 0 saturated carbocycles. The molecule has 2 aromatic heterocycles. The fourth-order valence-corrected chi connectivity index (χ4v) is 5.63. The highest BCUT2D eigenvalue weighted by molar-refractivity contribution is 9.10. The van der Waals surface area contributed by atoms with Crippen LogP contribution in [0.5, 0.6) is 0 Å². The zero-order valence-electron chi connectivity index (χ0n) is 18.2. The van der Waals surface area contributed by atoms with Crippen molar-refractivity contribution in [2.45, 2.75) is 19.8 Å². The van der Waals surface area contributed by atoms with Gasteiger partial charge < -0.3 is 20.0 Å². The highest BCUT2D eigenvalue weighted by Gasteiger charge is 2.24. The van der Waals surface area contributed by atoms with Gasteiger partial charge in [-0.05, 0) is 66.5 Å². The lowest BCUT2D eigenvalue weighted by molar-refractivity contribution is 0.352. The molecule has 8 nitrogen and oxygen atoms in total. The minimum absolute atomic E-state index is 0.691. The molecule has 0 atom stereocenters. The van der Waals surface area contributed by atoms with Crippen LogP contribution >= 0.6 is 31.9 Å². The molecule has 0 amide bonds. The maximum atomic E-state index is 4.56. The first-order valence-corrected chi connectivity index (χ1v) is 12.8. The molecule has 0 radical (unpaired) electrons. The summed E-state index contributed by atoms with van der Waals surface area (Å²) >= 11 is 7.28. The molecule has 170 valence electrons. The van der Waals surface area contributed by atoms with Gasteiger partial charge in [-0.1, -0.05) is 15.9 Å². The van der Waals surface area contributed by atoms with Crippen molar-refractivity contribution in [1.82, 2.24) is 25.1 Å². The van der Waals surface area contributed by atoms with E-state index in [1.807, 2.05) is 0 Å². The Balaban J connectivity index is 1.27. The fraction of sp³-hybridized carbons (Fsp3) is 0.500. The molecular formula is C22H28Br2N8. The van der Waals surface area contributed by atoms with E-state index in [9.17, 15) is 0 Å². The second-order valence-electron chi connectivity index (χ2n) is 8.48. The molecule has 2 N–H and O–H groups in total. The van der Waals surface area contributed by atoms with E-state index in [-0.39, 0.29) is 0 Å². The predicted molar refractivity (Wildman–Crippen MR) is 137 cm³/mol. The number of aromatic amines is 1. The van der Waals surface area contributed by atoms with Crippen LogP contribution in [0.2, 0.25) is 0 Å². The highest BCUT2D eigenvalue weighted by Crippen LogP contribution is 2.34. The van der Waals surface area contributed by atoms with Crippen LogP contribution in [0.4, 0.5) is 17.2 Å². The summed E-state index contributed by atoms with van der Waals surface area (Å²) < 4.78 is 1.95. The maximum absolute atomic E-state index is 4.56. The summed E-state index contributed by atoms with van der Waals surface area (Å²) in [4.78, 5) is 16.2. The van der Waals surface area contributed by atoms with Gasteiger partial charge in [0.2, 0.25) is 0 Å². The minimum atomic E-state index is 0.691. The Kier molecular flexibility index (Phi) is 6.52. The van der Waals surface area contributed by atoms with Crippen LogP contribution in [0.1, 0.15) is 18.4 Å². The third-order valence-corrected chi connectivity index (χ3v) is 7.53. The smallest absolute Gasteiger partial charge is 0.187 e. The molecule has 10 heteroatoms. The van der Waals surface area contributed by atoms with Crippen LogP contribution in [-0.4, -0.2) is 77.4 Å². The first kappa shape index (κ1) is 21.9. The Bertz CT molecular complexity index is 1090. The number of nitrogens with one attached hydrogen (secondary N) is 2. The second-order valence-corrected chi connectivity index (χ2v) is 10.2. The SMILES string of the molecule is Cc1c(NCCN2CCCC2)cc(Br)cc1N1CCN(c2ncnc3n[nH]c(Br)c23)CC1. The van der Waals surface area contributed by atoms with Gasteiger partial charge in [0.15, 0.2) is 5.65 Å². The number of benzene rings is 1. The number of aromatic nitrogens is 4. The molecule has 3 aromatic rings. The van der Waals surface area contributed by atoms with E-state index in [2.05, 4.69) is 91.1 Å². The zero-order chi connectivity index (χ0) is 22.1. The predicted octanol–water partition coefficient (Wildman–Crippen LogP) is 4.02. The highest BCUT2D eigenvalue weighted by atomic mass is 79.9. The average molecular weight is 564 g/mol. The number of H-pyrrole nitrogens is 1. The molecule has 2 fully saturated rings. The molecule has 2 saturated heterocycles. The average Bonchev–Trinajstić information content (AvgIpc) is 3.46. The molecule has 2 aliphatic rings. The molecular weight excluding hydrogens is 536 g/mol. The topological polar surface area (TPSA) is 76.2 Å². The number of hydrogen-bond donors (Lipinski definition) is 2. The van der Waals surface area contributed by atoms with E-state index in [1.165, 1.54) is 42.9 Å². The van der Waals surface area contributed by atoms with E-state index >= 15 is 0 Å². The summed E-state index contributed by atoms with van der Waals surface area (Å²) in [5.74, 6) is 0.936. The fourth-order valence-electron chi connectivity index (χ4n) is 4.74. The number of likely N-dealkylation sites (tertiary alicyclic amines) is 1. The Hall–Kier alpha value is -1.91. The Labute approximate surface area is 205 Å². The van der Waals surface area contributed by atoms with Crippen molar-refractivity contribution in [3.8, 4) is 0 Å². The van der Waals surface area contributed by atoms with Gasteiger partial charge in [-0.2, -0.15) is 5.10 Å². The number of hydrogen-bond acceptors (Lipinski definition) is 7. The van der Waals surface area contributed by atoms with Crippen LogP contribution in [0, 0.1) is 6.92 Å². The van der Waals surface area contributed by atoms with Crippen molar-refractivity contribution in [3.63, 3.8) is 0 Å². The quantitative estimate of drug-likeness (QED) is 0.469. The van der Waals surface area contributed by atoms with E-state index in [1.54, 1.807) is 6.33 Å². The lowest BCUT2D eigenvalue weighted by Gasteiger charge is -2.38. The largest absolute Gasteiger partial charge is 0.383 e. The molecule has 0 unspecified atom stereocenters.